The summed E-state index contributed by atoms with van der Waals surface area (Å²) in [6.45, 7) is 11.8. The highest BCUT2D eigenvalue weighted by Gasteiger charge is 2.30. The number of nitrogens with two attached hydrogens (primary N) is 1. The van der Waals surface area contributed by atoms with E-state index in [2.05, 4.69) is 35.6 Å². The highest BCUT2D eigenvalue weighted by molar-refractivity contribution is 5.78. The van der Waals surface area contributed by atoms with Gasteiger partial charge in [0.05, 0.1) is 25.4 Å². The van der Waals surface area contributed by atoms with Crippen molar-refractivity contribution in [3.8, 4) is 0 Å². The average molecular weight is 312 g/mol. The zero-order valence-electron chi connectivity index (χ0n) is 14.5. The number of ether oxygens (including phenoxy) is 2. The third kappa shape index (κ3) is 4.57. The molecular formula is C16H32N4O2. The number of likely N-dealkylation sites (tertiary alicyclic amines) is 1. The Morgan fingerprint density at radius 3 is 2.59 bits per heavy atom. The van der Waals surface area contributed by atoms with E-state index >= 15 is 0 Å². The lowest BCUT2D eigenvalue weighted by Crippen LogP contribution is -2.52. The molecule has 0 saturated carbocycles. The van der Waals surface area contributed by atoms with Crippen LogP contribution in [0.3, 0.4) is 0 Å². The molecule has 6 nitrogen and oxygen atoms in total. The second-order valence-corrected chi connectivity index (χ2v) is 7.04. The van der Waals surface area contributed by atoms with E-state index in [0.29, 0.717) is 12.1 Å². The Balaban J connectivity index is 1.86. The van der Waals surface area contributed by atoms with Gasteiger partial charge in [0.15, 0.2) is 5.96 Å². The van der Waals surface area contributed by atoms with Gasteiger partial charge in [-0.3, -0.25) is 9.89 Å². The van der Waals surface area contributed by atoms with E-state index in [1.54, 1.807) is 7.11 Å². The second kappa shape index (κ2) is 7.62. The minimum atomic E-state index is 0.0290. The van der Waals surface area contributed by atoms with Gasteiger partial charge in [0, 0.05) is 38.8 Å². The molecule has 0 bridgehead atoms. The molecule has 2 rings (SSSR count). The van der Waals surface area contributed by atoms with Gasteiger partial charge in [-0.1, -0.05) is 0 Å². The molecule has 2 saturated heterocycles. The van der Waals surface area contributed by atoms with Crippen LogP contribution in [0.2, 0.25) is 0 Å². The minimum absolute atomic E-state index is 0.0290. The van der Waals surface area contributed by atoms with Crippen LogP contribution in [0.1, 0.15) is 33.6 Å². The molecule has 0 aromatic rings. The zero-order chi connectivity index (χ0) is 16.2. The molecule has 0 aromatic heterocycles. The fourth-order valence-corrected chi connectivity index (χ4v) is 3.20. The molecule has 0 amide bonds. The predicted octanol–water partition coefficient (Wildman–Crippen LogP) is 0.911. The molecule has 0 spiro atoms. The molecule has 0 aromatic carbocycles. The lowest BCUT2D eigenvalue weighted by atomic mass is 9.97. The summed E-state index contributed by atoms with van der Waals surface area (Å²) in [5.74, 6) is 0.648. The first-order valence-electron chi connectivity index (χ1n) is 8.36. The Kier molecular flexibility index (Phi) is 6.06. The van der Waals surface area contributed by atoms with Crippen LogP contribution in [0.4, 0.5) is 0 Å². The average Bonchev–Trinajstić information content (AvgIpc) is 2.52. The fourth-order valence-electron chi connectivity index (χ4n) is 3.20. The number of nitrogens with zero attached hydrogens (tertiary/aromatic N) is 3. The maximum atomic E-state index is 6.17. The summed E-state index contributed by atoms with van der Waals surface area (Å²) in [7, 11) is 1.81. The first kappa shape index (κ1) is 17.5. The quantitative estimate of drug-likeness (QED) is 0.617. The van der Waals surface area contributed by atoms with Gasteiger partial charge in [-0.05, 0) is 33.6 Å². The molecule has 128 valence electrons. The van der Waals surface area contributed by atoms with E-state index in [1.165, 1.54) is 0 Å². The van der Waals surface area contributed by atoms with E-state index in [4.69, 9.17) is 15.2 Å². The van der Waals surface area contributed by atoms with E-state index in [1.807, 2.05) is 0 Å². The monoisotopic (exact) mass is 312 g/mol. The van der Waals surface area contributed by atoms with Gasteiger partial charge in [-0.25, -0.2) is 0 Å². The van der Waals surface area contributed by atoms with Crippen molar-refractivity contribution in [1.82, 2.24) is 9.80 Å². The molecular weight excluding hydrogens is 280 g/mol. The molecule has 2 fully saturated rings. The number of hydrogen-bond donors (Lipinski definition) is 1. The first-order valence-corrected chi connectivity index (χ1v) is 8.36. The summed E-state index contributed by atoms with van der Waals surface area (Å²) in [6.07, 6.45) is 2.83. The topological polar surface area (TPSA) is 63.3 Å². The number of hydrogen-bond acceptors (Lipinski definition) is 4. The second-order valence-electron chi connectivity index (χ2n) is 7.04. The predicted molar refractivity (Wildman–Crippen MR) is 89.2 cm³/mol. The van der Waals surface area contributed by atoms with Crippen molar-refractivity contribution in [2.75, 3.05) is 46.4 Å². The normalized spacial score (nSPS) is 26.5. The zero-order valence-corrected chi connectivity index (χ0v) is 14.5. The Labute approximate surface area is 134 Å². The maximum absolute atomic E-state index is 6.17. The van der Waals surface area contributed by atoms with Gasteiger partial charge in [-0.15, -0.1) is 0 Å². The van der Waals surface area contributed by atoms with Gasteiger partial charge in [-0.2, -0.15) is 0 Å². The molecule has 2 N–H and O–H groups in total. The first-order chi connectivity index (χ1) is 10.4. The van der Waals surface area contributed by atoms with E-state index in [9.17, 15) is 0 Å². The molecule has 1 unspecified atom stereocenters. The Morgan fingerprint density at radius 1 is 1.32 bits per heavy atom. The van der Waals surface area contributed by atoms with Gasteiger partial charge < -0.3 is 20.1 Å². The van der Waals surface area contributed by atoms with Crippen LogP contribution in [0.5, 0.6) is 0 Å². The van der Waals surface area contributed by atoms with Crippen molar-refractivity contribution in [1.29, 1.82) is 0 Å². The fraction of sp³-hybridized carbons (Fsp3) is 0.938. The molecule has 2 aliphatic rings. The van der Waals surface area contributed by atoms with Crippen LogP contribution < -0.4 is 5.73 Å². The summed E-state index contributed by atoms with van der Waals surface area (Å²) in [5.41, 5.74) is 6.20. The van der Waals surface area contributed by atoms with Gasteiger partial charge in [0.25, 0.3) is 0 Å². The standard InChI is InChI=1S/C16H32N4O2/c1-13-11-19(9-10-22-13)15(17)18-12-16(2,3)20-7-5-14(21-4)6-8-20/h13-14H,5-12H2,1-4H3,(H2,17,18). The SMILES string of the molecule is COC1CCN(C(C)(C)CN=C(N)N2CCOC(C)C2)CC1. The number of piperidine rings is 1. The third-order valence-electron chi connectivity index (χ3n) is 4.82. The van der Waals surface area contributed by atoms with Gasteiger partial charge >= 0.3 is 0 Å². The van der Waals surface area contributed by atoms with E-state index in [-0.39, 0.29) is 11.6 Å². The lowest BCUT2D eigenvalue weighted by molar-refractivity contribution is 0.00413. The summed E-state index contributed by atoms with van der Waals surface area (Å²) in [5, 5.41) is 0. The van der Waals surface area contributed by atoms with Crippen molar-refractivity contribution < 1.29 is 9.47 Å². The van der Waals surface area contributed by atoms with Crippen molar-refractivity contribution in [3.05, 3.63) is 0 Å². The van der Waals surface area contributed by atoms with Gasteiger partial charge in [0.1, 0.15) is 0 Å². The lowest BCUT2D eigenvalue weighted by Gasteiger charge is -2.42. The molecule has 22 heavy (non-hydrogen) atoms. The Hall–Kier alpha value is -0.850. The molecule has 0 radical (unpaired) electrons. The number of aliphatic imine (C=N–C) groups is 1. The van der Waals surface area contributed by atoms with Crippen molar-refractivity contribution >= 4 is 5.96 Å². The molecule has 6 heteroatoms. The van der Waals surface area contributed by atoms with Crippen molar-refractivity contribution in [3.63, 3.8) is 0 Å². The van der Waals surface area contributed by atoms with Crippen LogP contribution in [-0.2, 0) is 9.47 Å². The number of morpholine rings is 1. The molecule has 1 atom stereocenters. The minimum Gasteiger partial charge on any atom is -0.381 e. The number of guanidine groups is 1. The number of methoxy groups -OCH3 is 1. The van der Waals surface area contributed by atoms with Gasteiger partial charge in [0.2, 0.25) is 0 Å². The van der Waals surface area contributed by atoms with Crippen LogP contribution in [0.15, 0.2) is 4.99 Å². The summed E-state index contributed by atoms with van der Waals surface area (Å²) >= 11 is 0. The molecule has 2 heterocycles. The highest BCUT2D eigenvalue weighted by Crippen LogP contribution is 2.22. The van der Waals surface area contributed by atoms with Crippen molar-refractivity contribution in [2.24, 2.45) is 10.7 Å². The smallest absolute Gasteiger partial charge is 0.191 e. The molecule has 0 aliphatic carbocycles. The third-order valence-corrected chi connectivity index (χ3v) is 4.82. The molecule has 2 aliphatic heterocycles. The van der Waals surface area contributed by atoms with Crippen LogP contribution in [0.25, 0.3) is 0 Å². The number of rotatable bonds is 4. The van der Waals surface area contributed by atoms with Crippen molar-refractivity contribution in [2.45, 2.75) is 51.4 Å². The maximum Gasteiger partial charge on any atom is 0.191 e. The summed E-state index contributed by atoms with van der Waals surface area (Å²) < 4.78 is 11.0. The van der Waals surface area contributed by atoms with Crippen LogP contribution in [-0.4, -0.2) is 79.9 Å². The largest absolute Gasteiger partial charge is 0.381 e. The highest BCUT2D eigenvalue weighted by atomic mass is 16.5. The Bertz CT molecular complexity index is 378. The van der Waals surface area contributed by atoms with Crippen LogP contribution >= 0.6 is 0 Å². The Morgan fingerprint density at radius 2 is 2.00 bits per heavy atom. The summed E-state index contributed by atoms with van der Waals surface area (Å²) in [4.78, 5) is 9.29. The van der Waals surface area contributed by atoms with E-state index < -0.39 is 0 Å². The van der Waals surface area contributed by atoms with Crippen LogP contribution in [0, 0.1) is 0 Å². The van der Waals surface area contributed by atoms with E-state index in [0.717, 1.165) is 52.2 Å². The summed E-state index contributed by atoms with van der Waals surface area (Å²) in [6, 6.07) is 0.